The third kappa shape index (κ3) is 3.34. The van der Waals surface area contributed by atoms with Gasteiger partial charge in [0.1, 0.15) is 5.92 Å². The second-order valence-electron chi connectivity index (χ2n) is 8.73. The van der Waals surface area contributed by atoms with E-state index in [9.17, 15) is 5.26 Å². The van der Waals surface area contributed by atoms with E-state index in [0.717, 1.165) is 39.6 Å². The molecule has 0 aliphatic carbocycles. The van der Waals surface area contributed by atoms with Gasteiger partial charge in [-0.05, 0) is 39.8 Å². The molecular weight excluding hydrogens is 396 g/mol. The zero-order valence-electron chi connectivity index (χ0n) is 18.1. The number of hydrogen-bond acceptors (Lipinski definition) is 4. The van der Waals surface area contributed by atoms with Gasteiger partial charge in [0.25, 0.3) is 0 Å². The Bertz CT molecular complexity index is 1340. The lowest BCUT2D eigenvalue weighted by Crippen LogP contribution is -2.31. The number of nitriles is 1. The summed E-state index contributed by atoms with van der Waals surface area (Å²) < 4.78 is 5.70. The average Bonchev–Trinajstić information content (AvgIpc) is 3.21. The lowest BCUT2D eigenvalue weighted by atomic mass is 9.77. The summed E-state index contributed by atoms with van der Waals surface area (Å²) in [6.07, 6.45) is 1.02. The summed E-state index contributed by atoms with van der Waals surface area (Å²) in [6.45, 7) is 4.42. The van der Waals surface area contributed by atoms with Gasteiger partial charge in [0, 0.05) is 5.92 Å². The van der Waals surface area contributed by atoms with Gasteiger partial charge in [0.2, 0.25) is 11.8 Å². The van der Waals surface area contributed by atoms with Crippen LogP contribution in [0.25, 0.3) is 22.0 Å². The highest BCUT2D eigenvalue weighted by Gasteiger charge is 2.41. The fraction of sp³-hybridized carbons (Fsp3) is 0.222. The molecule has 0 bridgehead atoms. The summed E-state index contributed by atoms with van der Waals surface area (Å²) in [5.41, 5.74) is 4.95. The number of nitrogens with one attached hydrogen (secondary N) is 2. The Kier molecular flexibility index (Phi) is 4.99. The Balaban J connectivity index is 1.69. The normalized spacial score (nSPS) is 17.8. The number of benzene rings is 3. The topological polar surface area (TPSA) is 85.5 Å². The minimum absolute atomic E-state index is 0.0664. The first-order valence-electron chi connectivity index (χ1n) is 10.9. The van der Waals surface area contributed by atoms with Gasteiger partial charge in [-0.1, -0.05) is 80.6 Å². The molecule has 0 fully saturated rings. The lowest BCUT2D eigenvalue weighted by molar-refractivity contribution is 0.438. The molecule has 4 aromatic rings. The van der Waals surface area contributed by atoms with Crippen molar-refractivity contribution in [2.75, 3.05) is 0 Å². The Morgan fingerprint density at radius 1 is 1.06 bits per heavy atom. The molecule has 0 spiro atoms. The summed E-state index contributed by atoms with van der Waals surface area (Å²) in [6, 6.07) is 25.0. The maximum Gasteiger partial charge on any atom is 0.244 e. The quantitative estimate of drug-likeness (QED) is 0.420. The number of fused-ring (bicyclic) bond motifs is 2. The molecule has 1 aliphatic rings. The van der Waals surface area contributed by atoms with Crippen molar-refractivity contribution in [2.24, 2.45) is 11.8 Å². The van der Waals surface area contributed by atoms with E-state index in [-0.39, 0.29) is 11.8 Å². The standard InChI is InChI=1S/C27H24N4O/c1-16(2)14-17-10-12-19(13-11-17)25-24-23(22(15-28)26(29)32-27(24)31-30-25)21-9-5-7-18-6-3-4-8-20(18)21/h3-13,16,22-23,29H,14H2,1-2H3,(H,30,31). The zero-order chi connectivity index (χ0) is 22.2. The first kappa shape index (κ1) is 20.0. The van der Waals surface area contributed by atoms with E-state index >= 15 is 0 Å². The van der Waals surface area contributed by atoms with E-state index < -0.39 is 5.92 Å². The van der Waals surface area contributed by atoms with Crippen molar-refractivity contribution >= 4 is 16.7 Å². The minimum Gasteiger partial charge on any atom is -0.422 e. The molecule has 5 nitrogen and oxygen atoms in total. The molecule has 1 aliphatic heterocycles. The van der Waals surface area contributed by atoms with Gasteiger partial charge < -0.3 is 4.74 Å². The Labute approximate surface area is 187 Å². The van der Waals surface area contributed by atoms with Crippen LogP contribution >= 0.6 is 0 Å². The first-order chi connectivity index (χ1) is 15.6. The SMILES string of the molecule is CC(C)Cc1ccc(-c2[nH]nc3c2C(c2cccc4ccccc24)C(C#N)C(=N)O3)cc1. The third-order valence-electron chi connectivity index (χ3n) is 6.09. The molecule has 5 heteroatoms. The Morgan fingerprint density at radius 3 is 2.56 bits per heavy atom. The fourth-order valence-electron chi connectivity index (χ4n) is 4.67. The van der Waals surface area contributed by atoms with Crippen molar-refractivity contribution in [2.45, 2.75) is 26.2 Å². The van der Waals surface area contributed by atoms with E-state index in [0.29, 0.717) is 11.8 Å². The predicted molar refractivity (Wildman–Crippen MR) is 126 cm³/mol. The number of nitrogens with zero attached hydrogens (tertiary/aromatic N) is 2. The third-order valence-corrected chi connectivity index (χ3v) is 6.09. The Morgan fingerprint density at radius 2 is 1.81 bits per heavy atom. The molecule has 2 N–H and O–H groups in total. The summed E-state index contributed by atoms with van der Waals surface area (Å²) in [4.78, 5) is 0. The van der Waals surface area contributed by atoms with Crippen LogP contribution in [0.2, 0.25) is 0 Å². The molecule has 0 saturated carbocycles. The fourth-order valence-corrected chi connectivity index (χ4v) is 4.67. The van der Waals surface area contributed by atoms with E-state index in [1.165, 1.54) is 5.56 Å². The van der Waals surface area contributed by atoms with Crippen LogP contribution in [0.1, 0.15) is 36.5 Å². The molecule has 2 heterocycles. The van der Waals surface area contributed by atoms with Crippen molar-refractivity contribution < 1.29 is 4.74 Å². The van der Waals surface area contributed by atoms with Crippen molar-refractivity contribution in [1.29, 1.82) is 10.7 Å². The second-order valence-corrected chi connectivity index (χ2v) is 8.73. The molecule has 3 aromatic carbocycles. The smallest absolute Gasteiger partial charge is 0.244 e. The highest BCUT2D eigenvalue weighted by molar-refractivity contribution is 5.91. The van der Waals surface area contributed by atoms with E-state index in [2.05, 4.69) is 72.6 Å². The number of hydrogen-bond donors (Lipinski definition) is 2. The van der Waals surface area contributed by atoms with Crippen LogP contribution in [0.3, 0.4) is 0 Å². The lowest BCUT2D eigenvalue weighted by Gasteiger charge is -2.29. The average molecular weight is 421 g/mol. The van der Waals surface area contributed by atoms with Crippen LogP contribution < -0.4 is 4.74 Å². The molecule has 158 valence electrons. The van der Waals surface area contributed by atoms with Crippen LogP contribution in [0.5, 0.6) is 5.88 Å². The number of rotatable bonds is 4. The van der Waals surface area contributed by atoms with Gasteiger partial charge in [-0.2, -0.15) is 5.26 Å². The summed E-state index contributed by atoms with van der Waals surface area (Å²) in [7, 11) is 0. The summed E-state index contributed by atoms with van der Waals surface area (Å²) in [5, 5.41) is 28.1. The van der Waals surface area contributed by atoms with Crippen LogP contribution in [0.15, 0.2) is 66.7 Å². The van der Waals surface area contributed by atoms with Gasteiger partial charge in [-0.3, -0.25) is 10.5 Å². The van der Waals surface area contributed by atoms with Crippen molar-refractivity contribution in [3.05, 3.63) is 83.4 Å². The zero-order valence-corrected chi connectivity index (χ0v) is 18.1. The Hall–Kier alpha value is -3.91. The monoisotopic (exact) mass is 420 g/mol. The molecule has 5 rings (SSSR count). The largest absolute Gasteiger partial charge is 0.422 e. The first-order valence-corrected chi connectivity index (χ1v) is 10.9. The van der Waals surface area contributed by atoms with Gasteiger partial charge >= 0.3 is 0 Å². The van der Waals surface area contributed by atoms with Crippen LogP contribution in [0, 0.1) is 28.6 Å². The molecule has 1 aromatic heterocycles. The molecule has 0 amide bonds. The van der Waals surface area contributed by atoms with E-state index in [1.54, 1.807) is 0 Å². The number of aromatic amines is 1. The van der Waals surface area contributed by atoms with Crippen LogP contribution in [0.4, 0.5) is 0 Å². The predicted octanol–water partition coefficient (Wildman–Crippen LogP) is 6.07. The van der Waals surface area contributed by atoms with E-state index in [1.807, 2.05) is 24.3 Å². The number of ether oxygens (including phenoxy) is 1. The van der Waals surface area contributed by atoms with E-state index in [4.69, 9.17) is 10.1 Å². The molecular formula is C27H24N4O. The molecule has 2 unspecified atom stereocenters. The molecule has 0 saturated heterocycles. The minimum atomic E-state index is -0.732. The molecule has 2 atom stereocenters. The summed E-state index contributed by atoms with van der Waals surface area (Å²) in [5.74, 6) is -0.187. The van der Waals surface area contributed by atoms with Crippen molar-refractivity contribution in [1.82, 2.24) is 10.2 Å². The molecule has 0 radical (unpaired) electrons. The number of aromatic nitrogens is 2. The maximum atomic E-state index is 10.0. The second kappa shape index (κ2) is 7.97. The number of H-pyrrole nitrogens is 1. The molecule has 32 heavy (non-hydrogen) atoms. The maximum absolute atomic E-state index is 10.0. The van der Waals surface area contributed by atoms with Gasteiger partial charge in [0.15, 0.2) is 0 Å². The van der Waals surface area contributed by atoms with Gasteiger partial charge in [-0.15, -0.1) is 5.10 Å². The van der Waals surface area contributed by atoms with Gasteiger partial charge in [-0.25, -0.2) is 0 Å². The summed E-state index contributed by atoms with van der Waals surface area (Å²) >= 11 is 0. The van der Waals surface area contributed by atoms with Crippen molar-refractivity contribution in [3.8, 4) is 23.2 Å². The van der Waals surface area contributed by atoms with Crippen LogP contribution in [-0.4, -0.2) is 16.1 Å². The highest BCUT2D eigenvalue weighted by atomic mass is 16.5. The van der Waals surface area contributed by atoms with Crippen LogP contribution in [-0.2, 0) is 6.42 Å². The highest BCUT2D eigenvalue weighted by Crippen LogP contribution is 2.47. The van der Waals surface area contributed by atoms with Crippen molar-refractivity contribution in [3.63, 3.8) is 0 Å². The van der Waals surface area contributed by atoms with Gasteiger partial charge in [0.05, 0.1) is 17.3 Å².